The number of phenols is 2. The largest absolute Gasteiger partial charge is 0.507 e. The van der Waals surface area contributed by atoms with Crippen molar-refractivity contribution in [1.29, 1.82) is 0 Å². The Bertz CT molecular complexity index is 1340. The third-order valence-electron chi connectivity index (χ3n) is 5.40. The molecule has 0 aliphatic rings. The van der Waals surface area contributed by atoms with Crippen LogP contribution >= 0.6 is 0 Å². The molecule has 1 amide bonds. The van der Waals surface area contributed by atoms with Crippen LogP contribution in [0.2, 0.25) is 0 Å². The zero-order valence-electron chi connectivity index (χ0n) is 18.6. The molecule has 0 aromatic heterocycles. The van der Waals surface area contributed by atoms with Crippen molar-refractivity contribution in [3.8, 4) is 11.5 Å². The number of aromatic carboxylic acids is 2. The van der Waals surface area contributed by atoms with E-state index < -0.39 is 29.5 Å². The highest BCUT2D eigenvalue weighted by Crippen LogP contribution is 2.38. The predicted molar refractivity (Wildman–Crippen MR) is 130 cm³/mol. The first kappa shape index (κ1) is 24.8. The summed E-state index contributed by atoms with van der Waals surface area (Å²) in [4.78, 5) is 32.7. The summed E-state index contributed by atoms with van der Waals surface area (Å²) >= 11 is 0. The normalized spacial score (nSPS) is 10.4. The number of carboxylic acid groups (broad SMARTS) is 3. The summed E-state index contributed by atoms with van der Waals surface area (Å²) in [5, 5.41) is 52.7. The molecule has 4 aromatic carbocycles. The van der Waals surface area contributed by atoms with E-state index >= 15 is 0 Å². The van der Waals surface area contributed by atoms with Crippen molar-refractivity contribution in [1.82, 2.24) is 5.32 Å². The van der Waals surface area contributed by atoms with Crippen molar-refractivity contribution < 1.29 is 39.9 Å². The molecule has 0 heterocycles. The summed E-state index contributed by atoms with van der Waals surface area (Å²) in [6, 6.07) is 16.8. The van der Waals surface area contributed by atoms with E-state index in [1.807, 2.05) is 0 Å². The van der Waals surface area contributed by atoms with Gasteiger partial charge in [-0.2, -0.15) is 0 Å². The summed E-state index contributed by atoms with van der Waals surface area (Å²) in [6.07, 6.45) is -1.00. The van der Waals surface area contributed by atoms with Crippen molar-refractivity contribution in [3.05, 3.63) is 82.9 Å². The van der Waals surface area contributed by atoms with Crippen molar-refractivity contribution in [2.45, 2.75) is 13.3 Å². The smallest absolute Gasteiger partial charge is 0.404 e. The number of carbonyl (C=O) groups is 3. The zero-order valence-corrected chi connectivity index (χ0v) is 18.6. The molecule has 6 N–H and O–H groups in total. The van der Waals surface area contributed by atoms with Gasteiger partial charge in [-0.3, -0.25) is 0 Å². The van der Waals surface area contributed by atoms with Crippen LogP contribution < -0.4 is 5.32 Å². The number of benzene rings is 4. The topological polar surface area (TPSA) is 164 Å². The zero-order chi connectivity index (χ0) is 25.7. The summed E-state index contributed by atoms with van der Waals surface area (Å²) < 4.78 is 0. The molecule has 4 rings (SSSR count). The van der Waals surface area contributed by atoms with Gasteiger partial charge in [0.2, 0.25) is 0 Å². The lowest BCUT2D eigenvalue weighted by Gasteiger charge is -2.16. The highest BCUT2D eigenvalue weighted by Gasteiger charge is 2.22. The summed E-state index contributed by atoms with van der Waals surface area (Å²) in [7, 11) is 0. The summed E-state index contributed by atoms with van der Waals surface area (Å²) in [5.74, 6) is -3.36. The van der Waals surface area contributed by atoms with Gasteiger partial charge in [-0.25, -0.2) is 14.4 Å². The molecule has 4 aromatic rings. The second-order valence-electron chi connectivity index (χ2n) is 7.57. The molecule has 9 heteroatoms. The van der Waals surface area contributed by atoms with Gasteiger partial charge in [0, 0.05) is 24.1 Å². The number of fused-ring (bicyclic) bond motifs is 2. The SMILES string of the molecule is CCNC(=O)O.O=C(O)c1cc2ccccc2c(Cc2c(O)c(C(=O)O)cc3ccccc23)c1O. The number of amides is 1. The van der Waals surface area contributed by atoms with Crippen LogP contribution in [0.3, 0.4) is 0 Å². The molecule has 0 aliphatic carbocycles. The van der Waals surface area contributed by atoms with Gasteiger partial charge < -0.3 is 30.8 Å². The van der Waals surface area contributed by atoms with E-state index in [0.717, 1.165) is 0 Å². The maximum atomic E-state index is 11.6. The maximum Gasteiger partial charge on any atom is 0.404 e. The molecule has 0 unspecified atom stereocenters. The summed E-state index contributed by atoms with van der Waals surface area (Å²) in [5.41, 5.74) is 0.112. The van der Waals surface area contributed by atoms with Crippen LogP contribution in [0.4, 0.5) is 4.79 Å². The molecular formula is C26H23NO8. The Hall–Kier alpha value is -4.79. The molecule has 9 nitrogen and oxygen atoms in total. The van der Waals surface area contributed by atoms with Gasteiger partial charge in [0.15, 0.2) is 0 Å². The number of aromatic hydroxyl groups is 2. The van der Waals surface area contributed by atoms with E-state index in [4.69, 9.17) is 5.11 Å². The summed E-state index contributed by atoms with van der Waals surface area (Å²) in [6.45, 7) is 2.21. The fraction of sp³-hybridized carbons (Fsp3) is 0.115. The number of nitrogens with one attached hydrogen (secondary N) is 1. The second kappa shape index (κ2) is 10.4. The lowest BCUT2D eigenvalue weighted by atomic mass is 9.90. The minimum Gasteiger partial charge on any atom is -0.507 e. The number of hydrogen-bond donors (Lipinski definition) is 6. The highest BCUT2D eigenvalue weighted by molar-refractivity contribution is 6.02. The van der Waals surface area contributed by atoms with E-state index in [1.165, 1.54) is 12.1 Å². The fourth-order valence-electron chi connectivity index (χ4n) is 3.84. The molecule has 180 valence electrons. The Balaban J connectivity index is 0.000000509. The average molecular weight is 477 g/mol. The van der Waals surface area contributed by atoms with Gasteiger partial charge in [0.05, 0.1) is 0 Å². The monoisotopic (exact) mass is 477 g/mol. The molecule has 0 aliphatic heterocycles. The van der Waals surface area contributed by atoms with E-state index in [2.05, 4.69) is 5.32 Å². The molecular weight excluding hydrogens is 454 g/mol. The first-order valence-electron chi connectivity index (χ1n) is 10.6. The highest BCUT2D eigenvalue weighted by atomic mass is 16.4. The Morgan fingerprint density at radius 3 is 1.43 bits per heavy atom. The van der Waals surface area contributed by atoms with Crippen LogP contribution in [-0.4, -0.2) is 50.1 Å². The predicted octanol–water partition coefficient (Wildman–Crippen LogP) is 4.67. The lowest BCUT2D eigenvalue weighted by molar-refractivity contribution is 0.0682. The third kappa shape index (κ3) is 5.25. The van der Waals surface area contributed by atoms with Crippen LogP contribution in [0.25, 0.3) is 21.5 Å². The van der Waals surface area contributed by atoms with Gasteiger partial charge in [-0.15, -0.1) is 0 Å². The molecule has 0 spiro atoms. The van der Waals surface area contributed by atoms with Crippen molar-refractivity contribution in [3.63, 3.8) is 0 Å². The first-order chi connectivity index (χ1) is 16.6. The Morgan fingerprint density at radius 2 is 1.11 bits per heavy atom. The van der Waals surface area contributed by atoms with E-state index in [1.54, 1.807) is 55.5 Å². The molecule has 0 saturated heterocycles. The molecule has 0 bridgehead atoms. The van der Waals surface area contributed by atoms with Gasteiger partial charge in [0.1, 0.15) is 22.6 Å². The standard InChI is InChI=1S/C23H16O6.C3H7NO2/c24-20-16(14-7-3-1-5-12(14)9-18(20)22(26)27)11-17-15-8-4-2-6-13(15)10-19(21(17)25)23(28)29;1-2-4-3(5)6/h1-10,24-25H,11H2,(H,26,27)(H,28,29);4H,2H2,1H3,(H,5,6). The first-order valence-corrected chi connectivity index (χ1v) is 10.6. The quantitative estimate of drug-likeness (QED) is 0.241. The molecule has 0 atom stereocenters. The minimum absolute atomic E-state index is 0.0407. The van der Waals surface area contributed by atoms with Crippen molar-refractivity contribution in [2.75, 3.05) is 6.54 Å². The number of rotatable bonds is 5. The molecule has 0 radical (unpaired) electrons. The molecule has 35 heavy (non-hydrogen) atoms. The number of carboxylic acids is 2. The Labute approximate surface area is 199 Å². The van der Waals surface area contributed by atoms with Crippen LogP contribution in [-0.2, 0) is 6.42 Å². The van der Waals surface area contributed by atoms with E-state index in [9.17, 15) is 34.8 Å². The van der Waals surface area contributed by atoms with Gasteiger partial charge in [-0.1, -0.05) is 48.5 Å². The molecule has 0 saturated carbocycles. The minimum atomic E-state index is -1.28. The van der Waals surface area contributed by atoms with Gasteiger partial charge >= 0.3 is 18.0 Å². The number of hydrogen-bond acceptors (Lipinski definition) is 5. The fourth-order valence-corrected chi connectivity index (χ4v) is 3.84. The third-order valence-corrected chi connectivity index (χ3v) is 5.40. The Morgan fingerprint density at radius 1 is 0.714 bits per heavy atom. The van der Waals surface area contributed by atoms with Crippen LogP contribution in [0.15, 0.2) is 60.7 Å². The molecule has 0 fully saturated rings. The lowest BCUT2D eigenvalue weighted by Crippen LogP contribution is -2.19. The van der Waals surface area contributed by atoms with E-state index in [-0.39, 0.29) is 17.5 Å². The van der Waals surface area contributed by atoms with Gasteiger partial charge in [0.25, 0.3) is 0 Å². The van der Waals surface area contributed by atoms with Crippen molar-refractivity contribution >= 4 is 39.6 Å². The van der Waals surface area contributed by atoms with Crippen LogP contribution in [0, 0.1) is 0 Å². The van der Waals surface area contributed by atoms with Crippen molar-refractivity contribution in [2.24, 2.45) is 0 Å². The Kier molecular flexibility index (Phi) is 7.40. The van der Waals surface area contributed by atoms with E-state index in [0.29, 0.717) is 39.2 Å². The average Bonchev–Trinajstić information content (AvgIpc) is 2.81. The maximum absolute atomic E-state index is 11.6. The van der Waals surface area contributed by atoms with Crippen LogP contribution in [0.1, 0.15) is 38.8 Å². The second-order valence-corrected chi connectivity index (χ2v) is 7.57. The van der Waals surface area contributed by atoms with Crippen LogP contribution in [0.5, 0.6) is 11.5 Å². The van der Waals surface area contributed by atoms with Gasteiger partial charge in [-0.05, 0) is 40.6 Å².